The number of piperidine rings is 1. The number of thiophene rings is 1. The highest BCUT2D eigenvalue weighted by atomic mass is 32.1. The molecule has 1 saturated heterocycles. The highest BCUT2D eigenvalue weighted by Gasteiger charge is 2.29. The Morgan fingerprint density at radius 1 is 1.27 bits per heavy atom. The average Bonchev–Trinajstić information content (AvgIpc) is 3.39. The van der Waals surface area contributed by atoms with Gasteiger partial charge in [0, 0.05) is 29.6 Å². The maximum Gasteiger partial charge on any atom is 0.253 e. The normalized spacial score (nSPS) is 17.3. The summed E-state index contributed by atoms with van der Waals surface area (Å²) < 4.78 is 11.0. The number of ether oxygens (including phenoxy) is 1. The van der Waals surface area contributed by atoms with Crippen molar-refractivity contribution < 1.29 is 13.9 Å². The van der Waals surface area contributed by atoms with Crippen molar-refractivity contribution in [2.45, 2.75) is 18.8 Å². The molecule has 7 heteroatoms. The van der Waals surface area contributed by atoms with Crippen molar-refractivity contribution in [3.8, 4) is 17.2 Å². The van der Waals surface area contributed by atoms with Crippen LogP contribution in [-0.4, -0.2) is 41.2 Å². The molecular weight excluding hydrogens is 350 g/mol. The highest BCUT2D eigenvalue weighted by Crippen LogP contribution is 2.29. The third-order valence-corrected chi connectivity index (χ3v) is 5.29. The van der Waals surface area contributed by atoms with Crippen LogP contribution >= 0.6 is 11.3 Å². The van der Waals surface area contributed by atoms with Gasteiger partial charge in [-0.2, -0.15) is 11.3 Å². The molecule has 0 N–H and O–H groups in total. The molecule has 0 bridgehead atoms. The molecular formula is C19H19N3O3S. The summed E-state index contributed by atoms with van der Waals surface area (Å²) >= 11 is 1.59. The van der Waals surface area contributed by atoms with E-state index in [1.807, 2.05) is 21.7 Å². The molecule has 134 valence electrons. The summed E-state index contributed by atoms with van der Waals surface area (Å²) in [5, 5.41) is 12.3. The van der Waals surface area contributed by atoms with Gasteiger partial charge in [-0.3, -0.25) is 4.79 Å². The van der Waals surface area contributed by atoms with E-state index in [9.17, 15) is 4.79 Å². The van der Waals surface area contributed by atoms with E-state index in [4.69, 9.17) is 9.15 Å². The van der Waals surface area contributed by atoms with Crippen molar-refractivity contribution in [2.75, 3.05) is 20.2 Å². The van der Waals surface area contributed by atoms with Crippen molar-refractivity contribution in [1.82, 2.24) is 15.1 Å². The van der Waals surface area contributed by atoms with Gasteiger partial charge >= 0.3 is 0 Å². The highest BCUT2D eigenvalue weighted by molar-refractivity contribution is 7.08. The summed E-state index contributed by atoms with van der Waals surface area (Å²) in [5.41, 5.74) is 1.60. The molecule has 3 heterocycles. The minimum Gasteiger partial charge on any atom is -0.497 e. The molecule has 4 rings (SSSR count). The summed E-state index contributed by atoms with van der Waals surface area (Å²) in [6.07, 6.45) is 1.86. The first kappa shape index (κ1) is 16.8. The predicted octanol–water partition coefficient (Wildman–Crippen LogP) is 3.83. The van der Waals surface area contributed by atoms with Crippen molar-refractivity contribution in [3.63, 3.8) is 0 Å². The van der Waals surface area contributed by atoms with E-state index in [-0.39, 0.29) is 11.8 Å². The maximum absolute atomic E-state index is 12.8. The van der Waals surface area contributed by atoms with E-state index in [0.29, 0.717) is 23.9 Å². The van der Waals surface area contributed by atoms with E-state index >= 15 is 0 Å². The second kappa shape index (κ2) is 7.29. The van der Waals surface area contributed by atoms with Crippen LogP contribution in [-0.2, 0) is 0 Å². The van der Waals surface area contributed by atoms with Gasteiger partial charge in [0.2, 0.25) is 11.8 Å². The molecule has 1 aliphatic heterocycles. The molecule has 1 unspecified atom stereocenters. The average molecular weight is 369 g/mol. The zero-order valence-corrected chi connectivity index (χ0v) is 15.2. The third-order valence-electron chi connectivity index (χ3n) is 4.60. The van der Waals surface area contributed by atoms with Crippen LogP contribution in [0.5, 0.6) is 5.75 Å². The number of rotatable bonds is 4. The Labute approximate surface area is 155 Å². The second-order valence-corrected chi connectivity index (χ2v) is 7.06. The molecule has 1 amide bonds. The minimum atomic E-state index is 0.0231. The number of benzene rings is 1. The number of nitrogens with zero attached hydrogens (tertiary/aromatic N) is 3. The summed E-state index contributed by atoms with van der Waals surface area (Å²) in [4.78, 5) is 14.7. The summed E-state index contributed by atoms with van der Waals surface area (Å²) in [5.74, 6) is 1.99. The first-order chi connectivity index (χ1) is 12.7. The van der Waals surface area contributed by atoms with Crippen LogP contribution in [0.15, 0.2) is 45.5 Å². The lowest BCUT2D eigenvalue weighted by molar-refractivity contribution is 0.0698. The van der Waals surface area contributed by atoms with Crippen LogP contribution < -0.4 is 4.74 Å². The van der Waals surface area contributed by atoms with Gasteiger partial charge in [-0.15, -0.1) is 10.2 Å². The van der Waals surface area contributed by atoms with Gasteiger partial charge < -0.3 is 14.1 Å². The first-order valence-electron chi connectivity index (χ1n) is 8.54. The Morgan fingerprint density at radius 3 is 2.85 bits per heavy atom. The van der Waals surface area contributed by atoms with Gasteiger partial charge in [0.1, 0.15) is 5.75 Å². The molecule has 1 atom stereocenters. The summed E-state index contributed by atoms with van der Waals surface area (Å²) in [7, 11) is 1.61. The smallest absolute Gasteiger partial charge is 0.253 e. The predicted molar refractivity (Wildman–Crippen MR) is 98.5 cm³/mol. The molecule has 26 heavy (non-hydrogen) atoms. The standard InChI is InChI=1S/C19H19N3O3S/c1-24-16-6-4-13(5-7-16)19(23)22-9-2-3-14(11-22)17-20-21-18(25-17)15-8-10-26-12-15/h4-8,10,12,14H,2-3,9,11H2,1H3. The van der Waals surface area contributed by atoms with Crippen molar-refractivity contribution in [2.24, 2.45) is 0 Å². The minimum absolute atomic E-state index is 0.0231. The zero-order valence-electron chi connectivity index (χ0n) is 14.4. The van der Waals surface area contributed by atoms with E-state index in [2.05, 4.69) is 10.2 Å². The van der Waals surface area contributed by atoms with E-state index < -0.39 is 0 Å². The summed E-state index contributed by atoms with van der Waals surface area (Å²) in [6.45, 7) is 1.34. The fourth-order valence-corrected chi connectivity index (χ4v) is 3.81. The number of carbonyl (C=O) groups is 1. The van der Waals surface area contributed by atoms with Gasteiger partial charge in [-0.05, 0) is 48.6 Å². The molecule has 0 radical (unpaired) electrons. The zero-order chi connectivity index (χ0) is 17.9. The number of hydrogen-bond donors (Lipinski definition) is 0. The van der Waals surface area contributed by atoms with Crippen molar-refractivity contribution in [1.29, 1.82) is 0 Å². The fraction of sp³-hybridized carbons (Fsp3) is 0.316. The number of likely N-dealkylation sites (tertiary alicyclic amines) is 1. The maximum atomic E-state index is 12.8. The molecule has 1 aromatic carbocycles. The lowest BCUT2D eigenvalue weighted by Crippen LogP contribution is -2.39. The monoisotopic (exact) mass is 369 g/mol. The number of hydrogen-bond acceptors (Lipinski definition) is 6. The quantitative estimate of drug-likeness (QED) is 0.699. The van der Waals surface area contributed by atoms with Gasteiger partial charge in [0.25, 0.3) is 5.91 Å². The molecule has 0 saturated carbocycles. The van der Waals surface area contributed by atoms with Gasteiger partial charge in [0.15, 0.2) is 0 Å². The lowest BCUT2D eigenvalue weighted by atomic mass is 9.97. The van der Waals surface area contributed by atoms with Crippen molar-refractivity contribution in [3.05, 3.63) is 52.5 Å². The van der Waals surface area contributed by atoms with Crippen molar-refractivity contribution >= 4 is 17.2 Å². The molecule has 0 aliphatic carbocycles. The number of carbonyl (C=O) groups excluding carboxylic acids is 1. The summed E-state index contributed by atoms with van der Waals surface area (Å²) in [6, 6.07) is 9.17. The van der Waals surface area contributed by atoms with Crippen LogP contribution in [0, 0.1) is 0 Å². The largest absolute Gasteiger partial charge is 0.497 e. The molecule has 6 nitrogen and oxygen atoms in total. The Morgan fingerprint density at radius 2 is 2.12 bits per heavy atom. The van der Waals surface area contributed by atoms with Crippen LogP contribution in [0.2, 0.25) is 0 Å². The SMILES string of the molecule is COc1ccc(C(=O)N2CCCC(c3nnc(-c4ccsc4)o3)C2)cc1. The molecule has 1 aliphatic rings. The fourth-order valence-electron chi connectivity index (χ4n) is 3.18. The molecule has 1 fully saturated rings. The van der Waals surface area contributed by atoms with E-state index in [1.165, 1.54) is 0 Å². The van der Waals surface area contributed by atoms with E-state index in [0.717, 1.165) is 30.7 Å². The third kappa shape index (κ3) is 3.35. The van der Waals surface area contributed by atoms with Crippen LogP contribution in [0.4, 0.5) is 0 Å². The van der Waals surface area contributed by atoms with Gasteiger partial charge in [-0.1, -0.05) is 0 Å². The Balaban J connectivity index is 1.47. The number of methoxy groups -OCH3 is 1. The topological polar surface area (TPSA) is 68.5 Å². The van der Waals surface area contributed by atoms with Crippen LogP contribution in [0.1, 0.15) is 35.0 Å². The van der Waals surface area contributed by atoms with Gasteiger partial charge in [-0.25, -0.2) is 0 Å². The Bertz CT molecular complexity index is 874. The van der Waals surface area contributed by atoms with Crippen LogP contribution in [0.3, 0.4) is 0 Å². The van der Waals surface area contributed by atoms with E-state index in [1.54, 1.807) is 42.7 Å². The molecule has 3 aromatic rings. The lowest BCUT2D eigenvalue weighted by Gasteiger charge is -2.31. The second-order valence-electron chi connectivity index (χ2n) is 6.28. The molecule has 0 spiro atoms. The number of aromatic nitrogens is 2. The Kier molecular flexibility index (Phi) is 4.71. The van der Waals surface area contributed by atoms with Gasteiger partial charge in [0.05, 0.1) is 13.0 Å². The molecule has 2 aromatic heterocycles. The Hall–Kier alpha value is -2.67. The first-order valence-corrected chi connectivity index (χ1v) is 9.48. The van der Waals surface area contributed by atoms with Crippen LogP contribution in [0.25, 0.3) is 11.5 Å². The number of amides is 1.